The number of hydrogen-bond donors (Lipinski definition) is 0. The highest BCUT2D eigenvalue weighted by molar-refractivity contribution is 9.10. The van der Waals surface area contributed by atoms with Crippen molar-refractivity contribution in [3.05, 3.63) is 39.5 Å². The first-order valence-corrected chi connectivity index (χ1v) is 10.6. The first-order chi connectivity index (χ1) is 12.8. The molecule has 0 amide bonds. The summed E-state index contributed by atoms with van der Waals surface area (Å²) in [4.78, 5) is 9.60. The van der Waals surface area contributed by atoms with E-state index in [9.17, 15) is 0 Å². The van der Waals surface area contributed by atoms with Crippen LogP contribution in [-0.2, 0) is 0 Å². The van der Waals surface area contributed by atoms with Crippen molar-refractivity contribution in [1.82, 2.24) is 4.98 Å². The van der Waals surface area contributed by atoms with Gasteiger partial charge in [0.05, 0.1) is 5.69 Å². The average Bonchev–Trinajstić information content (AvgIpc) is 2.60. The highest BCUT2D eigenvalue weighted by atomic mass is 79.9. The molecule has 0 atom stereocenters. The van der Waals surface area contributed by atoms with E-state index in [4.69, 9.17) is 9.72 Å². The van der Waals surface area contributed by atoms with Crippen LogP contribution < -0.4 is 14.5 Å². The molecule has 0 aliphatic carbocycles. The number of aromatic nitrogens is 1. The van der Waals surface area contributed by atoms with Crippen LogP contribution in [0.1, 0.15) is 43.5 Å². The van der Waals surface area contributed by atoms with Crippen molar-refractivity contribution in [1.29, 1.82) is 0 Å². The van der Waals surface area contributed by atoms with Gasteiger partial charge in [0, 0.05) is 36.3 Å². The van der Waals surface area contributed by atoms with E-state index in [1.807, 2.05) is 6.92 Å². The minimum absolute atomic E-state index is 0.545. The van der Waals surface area contributed by atoms with Crippen molar-refractivity contribution < 1.29 is 4.74 Å². The summed E-state index contributed by atoms with van der Waals surface area (Å²) in [7, 11) is 2.13. The third kappa shape index (κ3) is 3.93. The number of halogens is 1. The van der Waals surface area contributed by atoms with Crippen molar-refractivity contribution in [2.75, 3.05) is 29.9 Å². The summed E-state index contributed by atoms with van der Waals surface area (Å²) >= 11 is 3.57. The number of benzene rings is 1. The van der Waals surface area contributed by atoms with E-state index < -0.39 is 0 Å². The Hall–Kier alpha value is -1.75. The summed E-state index contributed by atoms with van der Waals surface area (Å²) in [6.45, 7) is 12.8. The summed E-state index contributed by atoms with van der Waals surface area (Å²) in [5, 5.41) is 0. The van der Waals surface area contributed by atoms with Crippen LogP contribution in [0.2, 0.25) is 0 Å². The average molecular weight is 432 g/mol. The quantitative estimate of drug-likeness (QED) is 0.579. The zero-order valence-corrected chi connectivity index (χ0v) is 18.9. The van der Waals surface area contributed by atoms with Gasteiger partial charge in [-0.1, -0.05) is 29.8 Å². The van der Waals surface area contributed by atoms with E-state index in [0.29, 0.717) is 11.9 Å². The topological polar surface area (TPSA) is 28.6 Å². The lowest BCUT2D eigenvalue weighted by atomic mass is 10.1. The molecule has 0 bridgehead atoms. The van der Waals surface area contributed by atoms with E-state index in [-0.39, 0.29) is 0 Å². The molecule has 2 heterocycles. The SMILES string of the molecule is CCC(CC)N1CCN(C)c2c1cc(C)nc2Oc1c(C)cc(Br)cc1C. The molecule has 1 aromatic heterocycles. The fourth-order valence-electron chi connectivity index (χ4n) is 4.02. The maximum Gasteiger partial charge on any atom is 0.245 e. The van der Waals surface area contributed by atoms with Gasteiger partial charge in [-0.25, -0.2) is 4.98 Å². The Morgan fingerprint density at radius 1 is 1.07 bits per heavy atom. The lowest BCUT2D eigenvalue weighted by molar-refractivity contribution is 0.451. The summed E-state index contributed by atoms with van der Waals surface area (Å²) in [6, 6.07) is 6.93. The maximum absolute atomic E-state index is 6.44. The molecule has 0 saturated carbocycles. The van der Waals surface area contributed by atoms with Crippen LogP contribution in [0.5, 0.6) is 11.6 Å². The minimum atomic E-state index is 0.545. The van der Waals surface area contributed by atoms with E-state index >= 15 is 0 Å². The molecule has 146 valence electrons. The number of pyridine rings is 1. The van der Waals surface area contributed by atoms with Crippen LogP contribution in [-0.4, -0.2) is 31.2 Å². The van der Waals surface area contributed by atoms with Gasteiger partial charge in [-0.3, -0.25) is 0 Å². The Kier molecular flexibility index (Phi) is 5.99. The first kappa shape index (κ1) is 20.0. The third-order valence-corrected chi connectivity index (χ3v) is 5.90. The molecular weight excluding hydrogens is 402 g/mol. The predicted molar refractivity (Wildman–Crippen MR) is 118 cm³/mol. The molecule has 1 aliphatic heterocycles. The number of fused-ring (bicyclic) bond motifs is 1. The largest absolute Gasteiger partial charge is 0.436 e. The number of likely N-dealkylation sites (N-methyl/N-ethyl adjacent to an activating group) is 1. The van der Waals surface area contributed by atoms with Crippen LogP contribution >= 0.6 is 15.9 Å². The second-order valence-electron chi connectivity index (χ2n) is 7.49. The van der Waals surface area contributed by atoms with Gasteiger partial charge in [0.1, 0.15) is 11.4 Å². The zero-order valence-electron chi connectivity index (χ0n) is 17.3. The summed E-state index contributed by atoms with van der Waals surface area (Å²) in [6.07, 6.45) is 2.28. The fraction of sp³-hybridized carbons (Fsp3) is 0.500. The molecule has 2 aromatic rings. The molecule has 0 fully saturated rings. The number of rotatable bonds is 5. The van der Waals surface area contributed by atoms with E-state index in [0.717, 1.165) is 58.7 Å². The van der Waals surface area contributed by atoms with Crippen LogP contribution in [0.25, 0.3) is 0 Å². The van der Waals surface area contributed by atoms with Crippen LogP contribution in [0.4, 0.5) is 11.4 Å². The number of ether oxygens (including phenoxy) is 1. The molecule has 27 heavy (non-hydrogen) atoms. The van der Waals surface area contributed by atoms with E-state index in [1.54, 1.807) is 0 Å². The molecule has 3 rings (SSSR count). The Balaban J connectivity index is 2.10. The summed E-state index contributed by atoms with van der Waals surface area (Å²) in [5.74, 6) is 1.60. The number of hydrogen-bond acceptors (Lipinski definition) is 4. The Labute approximate surface area is 171 Å². The molecule has 5 heteroatoms. The van der Waals surface area contributed by atoms with Crippen molar-refractivity contribution in [3.8, 4) is 11.6 Å². The number of aryl methyl sites for hydroxylation is 3. The molecule has 1 aliphatic rings. The molecule has 0 N–H and O–H groups in total. The van der Waals surface area contributed by atoms with Crippen molar-refractivity contribution in [3.63, 3.8) is 0 Å². The fourth-order valence-corrected chi connectivity index (χ4v) is 4.71. The first-order valence-electron chi connectivity index (χ1n) is 9.79. The summed E-state index contributed by atoms with van der Waals surface area (Å²) < 4.78 is 7.51. The number of nitrogens with zero attached hydrogens (tertiary/aromatic N) is 3. The van der Waals surface area contributed by atoms with Gasteiger partial charge in [-0.15, -0.1) is 0 Å². The van der Waals surface area contributed by atoms with Crippen molar-refractivity contribution >= 4 is 27.3 Å². The second-order valence-corrected chi connectivity index (χ2v) is 8.41. The lowest BCUT2D eigenvalue weighted by Crippen LogP contribution is -2.44. The smallest absolute Gasteiger partial charge is 0.245 e. The van der Waals surface area contributed by atoms with Crippen LogP contribution in [0, 0.1) is 20.8 Å². The molecular formula is C22H30BrN3O. The van der Waals surface area contributed by atoms with Crippen molar-refractivity contribution in [2.24, 2.45) is 0 Å². The van der Waals surface area contributed by atoms with Crippen LogP contribution in [0.15, 0.2) is 22.7 Å². The second kappa shape index (κ2) is 8.09. The molecule has 1 aromatic carbocycles. The summed E-state index contributed by atoms with van der Waals surface area (Å²) in [5.41, 5.74) is 5.54. The van der Waals surface area contributed by atoms with E-state index in [2.05, 4.69) is 78.7 Å². The monoisotopic (exact) mass is 431 g/mol. The zero-order chi connectivity index (χ0) is 19.7. The molecule has 4 nitrogen and oxygen atoms in total. The van der Waals surface area contributed by atoms with Crippen molar-refractivity contribution in [2.45, 2.75) is 53.5 Å². The highest BCUT2D eigenvalue weighted by Crippen LogP contribution is 2.43. The van der Waals surface area contributed by atoms with Gasteiger partial charge in [0.2, 0.25) is 5.88 Å². The number of anilines is 2. The van der Waals surface area contributed by atoms with Crippen LogP contribution in [0.3, 0.4) is 0 Å². The maximum atomic E-state index is 6.44. The molecule has 0 spiro atoms. The van der Waals surface area contributed by atoms with Gasteiger partial charge in [0.15, 0.2) is 0 Å². The predicted octanol–water partition coefficient (Wildman–Crippen LogP) is 6.01. The molecule has 0 saturated heterocycles. The lowest BCUT2D eigenvalue weighted by Gasteiger charge is -2.41. The Morgan fingerprint density at radius 3 is 2.30 bits per heavy atom. The normalized spacial score (nSPS) is 13.9. The standard InChI is InChI=1S/C22H30BrN3O/c1-7-18(8-2)26-10-9-25(6)20-19(26)13-16(5)24-22(20)27-21-14(3)11-17(23)12-15(21)4/h11-13,18H,7-10H2,1-6H3. The van der Waals surface area contributed by atoms with Gasteiger partial charge in [0.25, 0.3) is 0 Å². The molecule has 0 unspecified atom stereocenters. The third-order valence-electron chi connectivity index (χ3n) is 5.44. The van der Waals surface area contributed by atoms with Gasteiger partial charge in [-0.05, 0) is 62.9 Å². The Bertz CT molecular complexity index is 810. The van der Waals surface area contributed by atoms with E-state index in [1.165, 1.54) is 5.69 Å². The van der Waals surface area contributed by atoms with Gasteiger partial charge in [-0.2, -0.15) is 0 Å². The molecule has 0 radical (unpaired) electrons. The van der Waals surface area contributed by atoms with Gasteiger partial charge < -0.3 is 14.5 Å². The highest BCUT2D eigenvalue weighted by Gasteiger charge is 2.29. The van der Waals surface area contributed by atoms with Gasteiger partial charge >= 0.3 is 0 Å². The minimum Gasteiger partial charge on any atom is -0.436 e. The Morgan fingerprint density at radius 2 is 1.70 bits per heavy atom.